The Morgan fingerprint density at radius 2 is 2.10 bits per heavy atom. The lowest BCUT2D eigenvalue weighted by Gasteiger charge is -2.28. The van der Waals surface area contributed by atoms with Crippen molar-refractivity contribution in [3.05, 3.63) is 58.9 Å². The average molecular weight is 432 g/mol. The Labute approximate surface area is 180 Å². The van der Waals surface area contributed by atoms with Gasteiger partial charge in [0.1, 0.15) is 18.4 Å². The standard InChI is InChI=1S/C20H26ClN7O2/c1-14-10-18(26(2)3)28(24-14)9-8-17(12-29)23-20(30)19-22-13-27(25-19)11-15-4-6-16(21)7-5-15/h4-7,10,12-14,17,24H,8-9,11H2,1-3H3,(H,23,30). The van der Waals surface area contributed by atoms with Crippen LogP contribution in [0.4, 0.5) is 0 Å². The molecular weight excluding hydrogens is 406 g/mol. The Kier molecular flexibility index (Phi) is 7.07. The van der Waals surface area contributed by atoms with Crippen molar-refractivity contribution < 1.29 is 9.59 Å². The fraction of sp³-hybridized carbons (Fsp3) is 0.400. The molecule has 0 saturated carbocycles. The Bertz CT molecular complexity index is 910. The molecule has 0 aliphatic carbocycles. The van der Waals surface area contributed by atoms with Crippen LogP contribution in [0.5, 0.6) is 0 Å². The van der Waals surface area contributed by atoms with Crippen molar-refractivity contribution >= 4 is 23.8 Å². The number of carbonyl (C=O) groups excluding carboxylic acids is 2. The molecule has 2 unspecified atom stereocenters. The van der Waals surface area contributed by atoms with Crippen LogP contribution in [0, 0.1) is 0 Å². The maximum Gasteiger partial charge on any atom is 0.291 e. The molecule has 2 atom stereocenters. The van der Waals surface area contributed by atoms with Gasteiger partial charge in [-0.2, -0.15) is 0 Å². The summed E-state index contributed by atoms with van der Waals surface area (Å²) in [5.41, 5.74) is 4.30. The molecule has 2 aromatic rings. The Balaban J connectivity index is 1.54. The summed E-state index contributed by atoms with van der Waals surface area (Å²) < 4.78 is 1.57. The molecule has 2 N–H and O–H groups in total. The van der Waals surface area contributed by atoms with E-state index in [1.54, 1.807) is 16.8 Å². The van der Waals surface area contributed by atoms with Gasteiger partial charge in [0.05, 0.1) is 12.6 Å². The summed E-state index contributed by atoms with van der Waals surface area (Å²) in [6.45, 7) is 3.08. The van der Waals surface area contributed by atoms with E-state index < -0.39 is 11.9 Å². The van der Waals surface area contributed by atoms with Crippen LogP contribution in [0.2, 0.25) is 5.02 Å². The van der Waals surface area contributed by atoms with Gasteiger partial charge in [-0.3, -0.25) is 9.80 Å². The normalized spacial score (nSPS) is 16.9. The molecule has 9 nitrogen and oxygen atoms in total. The summed E-state index contributed by atoms with van der Waals surface area (Å²) in [6.07, 6.45) is 4.78. The summed E-state index contributed by atoms with van der Waals surface area (Å²) in [6, 6.07) is 6.93. The molecule has 160 valence electrons. The first-order valence-electron chi connectivity index (χ1n) is 9.68. The first-order chi connectivity index (χ1) is 14.4. The molecule has 0 spiro atoms. The number of hydrogen-bond acceptors (Lipinski definition) is 7. The Morgan fingerprint density at radius 1 is 1.37 bits per heavy atom. The number of nitrogens with zero attached hydrogens (tertiary/aromatic N) is 5. The lowest BCUT2D eigenvalue weighted by atomic mass is 10.2. The average Bonchev–Trinajstić information content (AvgIpc) is 3.33. The second kappa shape index (κ2) is 9.73. The van der Waals surface area contributed by atoms with Gasteiger partial charge >= 0.3 is 0 Å². The lowest BCUT2D eigenvalue weighted by molar-refractivity contribution is -0.109. The fourth-order valence-corrected chi connectivity index (χ4v) is 3.29. The number of carbonyl (C=O) groups is 2. The number of aldehydes is 1. The van der Waals surface area contributed by atoms with Crippen LogP contribution in [-0.2, 0) is 11.3 Å². The molecule has 2 heterocycles. The van der Waals surface area contributed by atoms with Gasteiger partial charge in [0.2, 0.25) is 5.82 Å². The monoisotopic (exact) mass is 431 g/mol. The topological polar surface area (TPSA) is 95.4 Å². The number of rotatable bonds is 9. The van der Waals surface area contributed by atoms with Crippen molar-refractivity contribution in [2.24, 2.45) is 0 Å². The van der Waals surface area contributed by atoms with Crippen molar-refractivity contribution in [2.75, 3.05) is 20.6 Å². The molecule has 30 heavy (non-hydrogen) atoms. The van der Waals surface area contributed by atoms with Gasteiger partial charge in [0.15, 0.2) is 0 Å². The molecular formula is C20H26ClN7O2. The third-order valence-corrected chi connectivity index (χ3v) is 4.89. The quantitative estimate of drug-likeness (QED) is 0.577. The van der Waals surface area contributed by atoms with Gasteiger partial charge in [-0.1, -0.05) is 23.7 Å². The molecule has 1 aliphatic heterocycles. The second-order valence-electron chi connectivity index (χ2n) is 7.39. The van der Waals surface area contributed by atoms with Crippen LogP contribution >= 0.6 is 11.6 Å². The summed E-state index contributed by atoms with van der Waals surface area (Å²) in [7, 11) is 3.92. The first kappa shape index (κ1) is 21.8. The van der Waals surface area contributed by atoms with E-state index in [0.717, 1.165) is 17.7 Å². The van der Waals surface area contributed by atoms with Gasteiger partial charge in [-0.05, 0) is 37.1 Å². The lowest BCUT2D eigenvalue weighted by Crippen LogP contribution is -2.43. The van der Waals surface area contributed by atoms with E-state index in [1.165, 1.54) is 6.33 Å². The molecule has 3 rings (SSSR count). The highest BCUT2D eigenvalue weighted by Crippen LogP contribution is 2.14. The van der Waals surface area contributed by atoms with Crippen molar-refractivity contribution in [1.29, 1.82) is 0 Å². The van der Waals surface area contributed by atoms with Crippen LogP contribution in [0.25, 0.3) is 0 Å². The largest absolute Gasteiger partial charge is 0.364 e. The van der Waals surface area contributed by atoms with E-state index in [-0.39, 0.29) is 11.9 Å². The van der Waals surface area contributed by atoms with Gasteiger partial charge < -0.3 is 15.0 Å². The molecule has 0 bridgehead atoms. The molecule has 0 radical (unpaired) electrons. The highest BCUT2D eigenvalue weighted by Gasteiger charge is 2.23. The van der Waals surface area contributed by atoms with E-state index in [9.17, 15) is 9.59 Å². The fourth-order valence-electron chi connectivity index (χ4n) is 3.16. The molecule has 1 aromatic carbocycles. The number of halogens is 1. The Hall–Kier alpha value is -2.91. The van der Waals surface area contributed by atoms with E-state index in [2.05, 4.69) is 33.8 Å². The van der Waals surface area contributed by atoms with Gasteiger partial charge in [-0.25, -0.2) is 15.1 Å². The minimum absolute atomic E-state index is 0.0256. The van der Waals surface area contributed by atoms with Crippen LogP contribution < -0.4 is 10.7 Å². The number of benzene rings is 1. The van der Waals surface area contributed by atoms with Crippen molar-refractivity contribution in [3.8, 4) is 0 Å². The number of hydrazine groups is 1. The van der Waals surface area contributed by atoms with Gasteiger partial charge in [0.25, 0.3) is 5.91 Å². The summed E-state index contributed by atoms with van der Waals surface area (Å²) in [5, 5.41) is 9.54. The van der Waals surface area contributed by atoms with E-state index in [4.69, 9.17) is 11.6 Å². The molecule has 0 fully saturated rings. The van der Waals surface area contributed by atoms with E-state index >= 15 is 0 Å². The minimum atomic E-state index is -0.637. The maximum atomic E-state index is 12.5. The highest BCUT2D eigenvalue weighted by molar-refractivity contribution is 6.30. The number of nitrogens with one attached hydrogen (secondary N) is 2. The third-order valence-electron chi connectivity index (χ3n) is 4.64. The molecule has 1 aliphatic rings. The minimum Gasteiger partial charge on any atom is -0.364 e. The van der Waals surface area contributed by atoms with Crippen LogP contribution in [0.1, 0.15) is 29.5 Å². The molecule has 0 saturated heterocycles. The predicted octanol–water partition coefficient (Wildman–Crippen LogP) is 1.28. The smallest absolute Gasteiger partial charge is 0.291 e. The van der Waals surface area contributed by atoms with Gasteiger partial charge in [-0.15, -0.1) is 5.10 Å². The molecule has 1 aromatic heterocycles. The number of hydrogen-bond donors (Lipinski definition) is 2. The molecule has 10 heteroatoms. The first-order valence-corrected chi connectivity index (χ1v) is 10.1. The van der Waals surface area contributed by atoms with E-state index in [1.807, 2.05) is 36.1 Å². The van der Waals surface area contributed by atoms with Gasteiger partial charge in [0, 0.05) is 31.7 Å². The third kappa shape index (κ3) is 5.58. The predicted molar refractivity (Wildman–Crippen MR) is 114 cm³/mol. The summed E-state index contributed by atoms with van der Waals surface area (Å²) in [5.74, 6) is 0.576. The summed E-state index contributed by atoms with van der Waals surface area (Å²) in [4.78, 5) is 30.0. The zero-order valence-corrected chi connectivity index (χ0v) is 18.0. The summed E-state index contributed by atoms with van der Waals surface area (Å²) >= 11 is 5.89. The highest BCUT2D eigenvalue weighted by atomic mass is 35.5. The van der Waals surface area contributed by atoms with Crippen LogP contribution in [-0.4, -0.2) is 69.6 Å². The molecule has 1 amide bonds. The van der Waals surface area contributed by atoms with Crippen LogP contribution in [0.15, 0.2) is 42.5 Å². The zero-order valence-electron chi connectivity index (χ0n) is 17.2. The number of amides is 1. The second-order valence-corrected chi connectivity index (χ2v) is 7.82. The SMILES string of the molecule is CC1C=C(N(C)C)N(CCC(C=O)NC(=O)c2ncn(Cc3ccc(Cl)cc3)n2)N1. The van der Waals surface area contributed by atoms with Crippen LogP contribution in [0.3, 0.4) is 0 Å². The zero-order chi connectivity index (χ0) is 21.7. The number of aromatic nitrogens is 3. The van der Waals surface area contributed by atoms with Crippen molar-refractivity contribution in [1.82, 2.24) is 35.4 Å². The Morgan fingerprint density at radius 3 is 2.77 bits per heavy atom. The van der Waals surface area contributed by atoms with Crippen molar-refractivity contribution in [3.63, 3.8) is 0 Å². The van der Waals surface area contributed by atoms with Crippen molar-refractivity contribution in [2.45, 2.75) is 32.0 Å². The van der Waals surface area contributed by atoms with E-state index in [0.29, 0.717) is 24.5 Å². The maximum absolute atomic E-state index is 12.5.